The molecule has 4 rings (SSSR count). The van der Waals surface area contributed by atoms with E-state index < -0.39 is 12.0 Å². The largest absolute Gasteiger partial charge is 0.414 e. The van der Waals surface area contributed by atoms with Crippen molar-refractivity contribution in [2.75, 3.05) is 11.9 Å². The highest BCUT2D eigenvalue weighted by atomic mass is 79.9. The van der Waals surface area contributed by atoms with Gasteiger partial charge in [0, 0.05) is 6.54 Å². The zero-order valence-electron chi connectivity index (χ0n) is 17.9. The number of fused-ring (bicyclic) bond motifs is 1. The number of benzene rings is 2. The first kappa shape index (κ1) is 24.2. The molecule has 2 amide bonds. The van der Waals surface area contributed by atoms with Crippen molar-refractivity contribution in [3.8, 4) is 5.88 Å². The maximum absolute atomic E-state index is 12.4. The molecule has 0 aliphatic carbocycles. The number of aryl methyl sites for hydroxylation is 1. The molecule has 0 radical (unpaired) electrons. The molecule has 3 N–H and O–H groups in total. The molecule has 8 nitrogen and oxygen atoms in total. The lowest BCUT2D eigenvalue weighted by molar-refractivity contribution is 0.102. The second-order valence-corrected chi connectivity index (χ2v) is 9.67. The highest BCUT2D eigenvalue weighted by Crippen LogP contribution is 2.30. The minimum Gasteiger partial charge on any atom is -0.388 e. The molecule has 2 heterocycles. The summed E-state index contributed by atoms with van der Waals surface area (Å²) in [6, 6.07) is 14.8. The van der Waals surface area contributed by atoms with Gasteiger partial charge in [-0.05, 0) is 59.5 Å². The number of H-pyrrole nitrogens is 1. The quantitative estimate of drug-likeness (QED) is 0.211. The third-order valence-corrected chi connectivity index (χ3v) is 7.06. The molecule has 2 aromatic heterocycles. The van der Waals surface area contributed by atoms with E-state index in [4.69, 9.17) is 16.3 Å². The number of halogens is 2. The van der Waals surface area contributed by atoms with E-state index in [1.807, 2.05) is 18.2 Å². The monoisotopic (exact) mass is 561 g/mol. The third kappa shape index (κ3) is 6.13. The number of carbonyl (C=O) groups is 2. The molecule has 0 saturated heterocycles. The topological polar surface area (TPSA) is 109 Å². The van der Waals surface area contributed by atoms with E-state index in [0.717, 1.165) is 36.2 Å². The van der Waals surface area contributed by atoms with Crippen molar-refractivity contribution in [1.29, 1.82) is 0 Å². The maximum Gasteiger partial charge on any atom is 0.414 e. The van der Waals surface area contributed by atoms with Crippen molar-refractivity contribution in [2.24, 2.45) is 0 Å². The van der Waals surface area contributed by atoms with Crippen LogP contribution in [0.4, 0.5) is 10.6 Å². The minimum absolute atomic E-state index is 0.0165. The predicted molar refractivity (Wildman–Crippen MR) is 137 cm³/mol. The molecule has 0 bridgehead atoms. The summed E-state index contributed by atoms with van der Waals surface area (Å²) in [5.74, 6) is -0.151. The van der Waals surface area contributed by atoms with Crippen LogP contribution in [0.1, 0.15) is 34.6 Å². The number of para-hydroxylation sites is 1. The normalized spacial score (nSPS) is 10.9. The Labute approximate surface area is 213 Å². The van der Waals surface area contributed by atoms with E-state index in [2.05, 4.69) is 47.8 Å². The number of thiazole rings is 1. The van der Waals surface area contributed by atoms with Gasteiger partial charge in [-0.15, -0.1) is 16.4 Å². The zero-order valence-corrected chi connectivity index (χ0v) is 21.1. The van der Waals surface area contributed by atoms with Crippen molar-refractivity contribution in [3.63, 3.8) is 0 Å². The van der Waals surface area contributed by atoms with Crippen LogP contribution in [-0.4, -0.2) is 33.7 Å². The van der Waals surface area contributed by atoms with Gasteiger partial charge in [0.1, 0.15) is 10.3 Å². The second kappa shape index (κ2) is 11.5. The molecule has 0 unspecified atom stereocenters. The Balaban J connectivity index is 1.17. The van der Waals surface area contributed by atoms with Gasteiger partial charge in [0.25, 0.3) is 11.8 Å². The van der Waals surface area contributed by atoms with Crippen LogP contribution in [0.3, 0.4) is 0 Å². The number of rotatable bonds is 9. The van der Waals surface area contributed by atoms with Gasteiger partial charge in [0.15, 0.2) is 0 Å². The Morgan fingerprint density at radius 3 is 2.71 bits per heavy atom. The minimum atomic E-state index is -0.623. The molecule has 176 valence electrons. The van der Waals surface area contributed by atoms with E-state index >= 15 is 0 Å². The summed E-state index contributed by atoms with van der Waals surface area (Å²) < 4.78 is 6.75. The van der Waals surface area contributed by atoms with Gasteiger partial charge in [-0.25, -0.2) is 9.78 Å². The van der Waals surface area contributed by atoms with Gasteiger partial charge in [-0.2, -0.15) is 0 Å². The second-order valence-electron chi connectivity index (χ2n) is 7.35. The van der Waals surface area contributed by atoms with Gasteiger partial charge in [-0.3, -0.25) is 9.89 Å². The van der Waals surface area contributed by atoms with Crippen molar-refractivity contribution >= 4 is 66.9 Å². The number of hydrogen-bond acceptors (Lipinski definition) is 6. The fourth-order valence-corrected chi connectivity index (χ4v) is 4.80. The highest BCUT2D eigenvalue weighted by Gasteiger charge is 2.18. The van der Waals surface area contributed by atoms with Crippen molar-refractivity contribution in [1.82, 2.24) is 20.5 Å². The molecule has 0 aliphatic heterocycles. The summed E-state index contributed by atoms with van der Waals surface area (Å²) in [5, 5.41) is 13.4. The fourth-order valence-electron chi connectivity index (χ4n) is 3.21. The van der Waals surface area contributed by atoms with E-state index in [1.165, 1.54) is 4.70 Å². The Bertz CT molecular complexity index is 1280. The van der Waals surface area contributed by atoms with Crippen molar-refractivity contribution in [2.45, 2.75) is 25.7 Å². The third-order valence-electron chi connectivity index (χ3n) is 4.90. The van der Waals surface area contributed by atoms with Crippen LogP contribution in [0.5, 0.6) is 5.88 Å². The van der Waals surface area contributed by atoms with Crippen LogP contribution in [0, 0.1) is 0 Å². The lowest BCUT2D eigenvalue weighted by Gasteiger charge is -2.06. The van der Waals surface area contributed by atoms with Crippen molar-refractivity contribution in [3.05, 3.63) is 68.6 Å². The van der Waals surface area contributed by atoms with Gasteiger partial charge < -0.3 is 15.4 Å². The molecule has 0 spiro atoms. The average molecular weight is 563 g/mol. The number of hydrogen-bond donors (Lipinski definition) is 3. The zero-order chi connectivity index (χ0) is 23.9. The number of aromatic nitrogens is 3. The molecule has 2 aromatic carbocycles. The first-order valence-electron chi connectivity index (χ1n) is 10.6. The predicted octanol–water partition coefficient (Wildman–Crippen LogP) is 6.19. The number of aromatic amines is 1. The van der Waals surface area contributed by atoms with E-state index in [1.54, 1.807) is 35.6 Å². The number of amides is 2. The first-order chi connectivity index (χ1) is 16.5. The van der Waals surface area contributed by atoms with Crippen LogP contribution < -0.4 is 15.4 Å². The molecule has 0 aliphatic rings. The Kier molecular flexibility index (Phi) is 8.15. The van der Waals surface area contributed by atoms with E-state index in [-0.39, 0.29) is 11.7 Å². The van der Waals surface area contributed by atoms with Gasteiger partial charge in [0.2, 0.25) is 0 Å². The van der Waals surface area contributed by atoms with E-state index in [0.29, 0.717) is 21.6 Å². The highest BCUT2D eigenvalue weighted by molar-refractivity contribution is 9.10. The Hall–Kier alpha value is -2.95. The van der Waals surface area contributed by atoms with Crippen LogP contribution >= 0.6 is 38.9 Å². The molecular formula is C23H21BrClN5O3S. The summed E-state index contributed by atoms with van der Waals surface area (Å²) in [7, 11) is 0. The molecule has 34 heavy (non-hydrogen) atoms. The Morgan fingerprint density at radius 2 is 1.88 bits per heavy atom. The lowest BCUT2D eigenvalue weighted by atomic mass is 10.2. The number of carbonyl (C=O) groups excluding carboxylic acids is 2. The molecule has 11 heteroatoms. The van der Waals surface area contributed by atoms with Gasteiger partial charge in [-0.1, -0.05) is 42.3 Å². The molecule has 4 aromatic rings. The first-order valence-corrected chi connectivity index (χ1v) is 12.6. The maximum atomic E-state index is 12.4. The molecule has 0 saturated carbocycles. The molecule has 0 fully saturated rings. The van der Waals surface area contributed by atoms with Gasteiger partial charge in [0.05, 0.1) is 25.8 Å². The summed E-state index contributed by atoms with van der Waals surface area (Å²) >= 11 is 11.1. The van der Waals surface area contributed by atoms with Crippen LogP contribution in [-0.2, 0) is 6.42 Å². The fraction of sp³-hybridized carbons (Fsp3) is 0.217. The van der Waals surface area contributed by atoms with Crippen LogP contribution in [0.2, 0.25) is 5.02 Å². The van der Waals surface area contributed by atoms with Crippen molar-refractivity contribution < 1.29 is 14.3 Å². The van der Waals surface area contributed by atoms with Crippen LogP contribution in [0.15, 0.2) is 53.0 Å². The smallest absolute Gasteiger partial charge is 0.388 e. The Morgan fingerprint density at radius 1 is 1.09 bits per heavy atom. The molecule has 0 atom stereocenters. The average Bonchev–Trinajstić information content (AvgIpc) is 3.39. The number of nitrogens with zero attached hydrogens (tertiary/aromatic N) is 2. The summed E-state index contributed by atoms with van der Waals surface area (Å²) in [5.41, 5.74) is 1.36. The SMILES string of the molecule is O=C(NCCCCCc1nc2ccccc2s1)Oc1n[nH]c(NC(=O)c2ccccc2Cl)c1Br. The summed E-state index contributed by atoms with van der Waals surface area (Å²) in [6.45, 7) is 0.483. The molecular weight excluding hydrogens is 542 g/mol. The number of nitrogens with one attached hydrogen (secondary N) is 3. The standard InChI is InChI=1S/C23H21BrClN5O3S/c24-19-20(28-21(31)14-8-3-4-9-15(14)25)29-30-22(19)33-23(32)26-13-7-1-2-12-18-27-16-10-5-6-11-17(16)34-18/h3-6,8-11H,1-2,7,12-13H2,(H,26,32)(H2,28,29,30,31). The van der Waals surface area contributed by atoms with E-state index in [9.17, 15) is 9.59 Å². The number of anilines is 1. The van der Waals surface area contributed by atoms with Crippen LogP contribution in [0.25, 0.3) is 10.2 Å². The number of unbranched alkanes of at least 4 members (excludes halogenated alkanes) is 2. The lowest BCUT2D eigenvalue weighted by Crippen LogP contribution is -2.28. The van der Waals surface area contributed by atoms with Gasteiger partial charge >= 0.3 is 6.09 Å². The summed E-state index contributed by atoms with van der Waals surface area (Å²) in [6.07, 6.45) is 3.08. The summed E-state index contributed by atoms with van der Waals surface area (Å²) in [4.78, 5) is 29.1. The number of ether oxygens (including phenoxy) is 1.